The quantitative estimate of drug-likeness (QED) is 0.780. The number of nitrogens with one attached hydrogen (secondary N) is 2. The number of aromatic amines is 1. The second-order valence-electron chi connectivity index (χ2n) is 6.01. The normalized spacial score (nSPS) is 26.2. The number of hydrogen-bond acceptors (Lipinski definition) is 3. The average molecular weight is 278 g/mol. The summed E-state index contributed by atoms with van der Waals surface area (Å²) in [4.78, 5) is 26.1. The Labute approximate surface area is 118 Å². The monoisotopic (exact) mass is 278 g/mol. The van der Waals surface area contributed by atoms with Crippen LogP contribution in [0.25, 0.3) is 0 Å². The predicted molar refractivity (Wildman–Crippen MR) is 76.7 cm³/mol. The number of carbonyl (C=O) groups is 1. The Morgan fingerprint density at radius 1 is 1.50 bits per heavy atom. The van der Waals surface area contributed by atoms with Gasteiger partial charge in [-0.1, -0.05) is 19.8 Å². The maximum atomic E-state index is 12.1. The van der Waals surface area contributed by atoms with E-state index in [9.17, 15) is 14.7 Å². The van der Waals surface area contributed by atoms with Crippen LogP contribution in [0.2, 0.25) is 0 Å². The number of carbonyl (C=O) groups excluding carboxylic acids is 1. The Balaban J connectivity index is 2.03. The van der Waals surface area contributed by atoms with E-state index in [4.69, 9.17) is 0 Å². The van der Waals surface area contributed by atoms with Crippen molar-refractivity contribution in [2.45, 2.75) is 45.6 Å². The highest BCUT2D eigenvalue weighted by Crippen LogP contribution is 2.35. The number of aromatic nitrogens is 1. The van der Waals surface area contributed by atoms with Crippen molar-refractivity contribution in [2.24, 2.45) is 5.41 Å². The molecule has 1 saturated carbocycles. The average Bonchev–Trinajstić information content (AvgIpc) is 2.39. The first kappa shape index (κ1) is 14.8. The fraction of sp³-hybridized carbons (Fsp3) is 0.600. The third kappa shape index (κ3) is 3.28. The third-order valence-electron chi connectivity index (χ3n) is 4.17. The van der Waals surface area contributed by atoms with Crippen LogP contribution < -0.4 is 10.9 Å². The van der Waals surface area contributed by atoms with E-state index in [2.05, 4.69) is 10.3 Å². The highest BCUT2D eigenvalue weighted by Gasteiger charge is 2.35. The lowest BCUT2D eigenvalue weighted by Crippen LogP contribution is -2.45. The molecule has 3 N–H and O–H groups in total. The van der Waals surface area contributed by atoms with Crippen LogP contribution >= 0.6 is 0 Å². The fourth-order valence-corrected chi connectivity index (χ4v) is 2.79. The number of amides is 1. The number of aliphatic hydroxyl groups excluding tert-OH is 1. The van der Waals surface area contributed by atoms with Crippen LogP contribution in [0.5, 0.6) is 0 Å². The Morgan fingerprint density at radius 2 is 2.25 bits per heavy atom. The molecule has 0 aliphatic heterocycles. The topological polar surface area (TPSA) is 82.2 Å². The van der Waals surface area contributed by atoms with Gasteiger partial charge in [0, 0.05) is 29.3 Å². The molecular weight excluding hydrogens is 256 g/mol. The van der Waals surface area contributed by atoms with E-state index in [1.165, 1.54) is 6.07 Å². The van der Waals surface area contributed by atoms with Crippen LogP contribution in [0.3, 0.4) is 0 Å². The first-order valence-electron chi connectivity index (χ1n) is 7.08. The standard InChI is InChI=1S/C15H22N2O3/c1-10-7-11(8-13(19)17-10)14(20)16-9-15(2)6-4-3-5-12(15)18/h7-8,12,18H,3-6,9H2,1-2H3,(H,16,20)(H,17,19). The van der Waals surface area contributed by atoms with Crippen LogP contribution in [0, 0.1) is 12.3 Å². The van der Waals surface area contributed by atoms with Gasteiger partial charge in [0.2, 0.25) is 5.56 Å². The zero-order chi connectivity index (χ0) is 14.8. The van der Waals surface area contributed by atoms with Crippen LogP contribution in [0.15, 0.2) is 16.9 Å². The van der Waals surface area contributed by atoms with Gasteiger partial charge in [-0.25, -0.2) is 0 Å². The van der Waals surface area contributed by atoms with Crippen LogP contribution in [0.1, 0.15) is 48.7 Å². The molecule has 5 nitrogen and oxygen atoms in total. The second kappa shape index (κ2) is 5.79. The van der Waals surface area contributed by atoms with E-state index in [1.807, 2.05) is 6.92 Å². The van der Waals surface area contributed by atoms with Crippen LogP contribution in [-0.2, 0) is 0 Å². The maximum absolute atomic E-state index is 12.1. The molecule has 1 amide bonds. The minimum Gasteiger partial charge on any atom is -0.392 e. The molecule has 2 atom stereocenters. The van der Waals surface area contributed by atoms with Crippen molar-refractivity contribution in [2.75, 3.05) is 6.54 Å². The van der Waals surface area contributed by atoms with Crippen molar-refractivity contribution < 1.29 is 9.90 Å². The van der Waals surface area contributed by atoms with Gasteiger partial charge < -0.3 is 15.4 Å². The summed E-state index contributed by atoms with van der Waals surface area (Å²) in [7, 11) is 0. The molecule has 20 heavy (non-hydrogen) atoms. The van der Waals surface area contributed by atoms with Gasteiger partial charge in [-0.05, 0) is 25.8 Å². The first-order chi connectivity index (χ1) is 9.40. The van der Waals surface area contributed by atoms with Gasteiger partial charge in [-0.2, -0.15) is 0 Å². The van der Waals surface area contributed by atoms with Gasteiger partial charge in [0.05, 0.1) is 6.10 Å². The molecule has 110 valence electrons. The molecule has 5 heteroatoms. The van der Waals surface area contributed by atoms with E-state index in [1.54, 1.807) is 13.0 Å². The van der Waals surface area contributed by atoms with E-state index < -0.39 is 0 Å². The van der Waals surface area contributed by atoms with Gasteiger partial charge in [-0.3, -0.25) is 9.59 Å². The van der Waals surface area contributed by atoms with Gasteiger partial charge in [0.1, 0.15) is 0 Å². The number of rotatable bonds is 3. The molecule has 1 aliphatic rings. The van der Waals surface area contributed by atoms with E-state index in [0.29, 0.717) is 17.8 Å². The van der Waals surface area contributed by atoms with Crippen molar-refractivity contribution in [3.63, 3.8) is 0 Å². The largest absolute Gasteiger partial charge is 0.392 e. The van der Waals surface area contributed by atoms with Gasteiger partial charge >= 0.3 is 0 Å². The van der Waals surface area contributed by atoms with Crippen molar-refractivity contribution in [1.29, 1.82) is 0 Å². The smallest absolute Gasteiger partial charge is 0.251 e. The minimum atomic E-state index is -0.377. The van der Waals surface area contributed by atoms with Gasteiger partial charge in [0.25, 0.3) is 5.91 Å². The summed E-state index contributed by atoms with van der Waals surface area (Å²) >= 11 is 0. The summed E-state index contributed by atoms with van der Waals surface area (Å²) < 4.78 is 0. The molecule has 0 spiro atoms. The Morgan fingerprint density at radius 3 is 2.90 bits per heavy atom. The summed E-state index contributed by atoms with van der Waals surface area (Å²) in [6.07, 6.45) is 3.43. The van der Waals surface area contributed by atoms with Gasteiger partial charge in [-0.15, -0.1) is 0 Å². The molecule has 0 radical (unpaired) electrons. The fourth-order valence-electron chi connectivity index (χ4n) is 2.79. The lowest BCUT2D eigenvalue weighted by molar-refractivity contribution is 0.00190. The molecule has 0 bridgehead atoms. The number of aliphatic hydroxyl groups is 1. The number of aryl methyl sites for hydroxylation is 1. The Kier molecular flexibility index (Phi) is 4.28. The number of H-pyrrole nitrogens is 1. The molecular formula is C15H22N2O3. The molecule has 1 aliphatic carbocycles. The molecule has 1 aromatic rings. The summed E-state index contributed by atoms with van der Waals surface area (Å²) in [6.45, 7) is 4.17. The summed E-state index contributed by atoms with van der Waals surface area (Å²) in [5.74, 6) is -0.266. The summed E-state index contributed by atoms with van der Waals surface area (Å²) in [5.41, 5.74) is 0.468. The van der Waals surface area contributed by atoms with E-state index in [-0.39, 0.29) is 23.0 Å². The molecule has 2 unspecified atom stereocenters. The third-order valence-corrected chi connectivity index (χ3v) is 4.17. The van der Waals surface area contributed by atoms with Crippen LogP contribution in [0.4, 0.5) is 0 Å². The minimum absolute atomic E-state index is 0.266. The summed E-state index contributed by atoms with van der Waals surface area (Å²) in [5, 5.41) is 12.9. The second-order valence-corrected chi connectivity index (χ2v) is 6.01. The van der Waals surface area contributed by atoms with Crippen LogP contribution in [-0.4, -0.2) is 28.6 Å². The van der Waals surface area contributed by atoms with Crippen molar-refractivity contribution in [3.05, 3.63) is 33.7 Å². The zero-order valence-corrected chi connectivity index (χ0v) is 12.0. The van der Waals surface area contributed by atoms with Crippen molar-refractivity contribution >= 4 is 5.91 Å². The molecule has 1 heterocycles. The molecule has 0 aromatic carbocycles. The Bertz CT molecular complexity index is 552. The molecule has 1 fully saturated rings. The first-order valence-corrected chi connectivity index (χ1v) is 7.08. The van der Waals surface area contributed by atoms with Crippen molar-refractivity contribution in [3.8, 4) is 0 Å². The zero-order valence-electron chi connectivity index (χ0n) is 12.0. The highest BCUT2D eigenvalue weighted by atomic mass is 16.3. The molecule has 0 saturated heterocycles. The molecule has 2 rings (SSSR count). The lowest BCUT2D eigenvalue weighted by Gasteiger charge is -2.38. The number of hydrogen-bond donors (Lipinski definition) is 3. The molecule has 1 aromatic heterocycles. The van der Waals surface area contributed by atoms with E-state index in [0.717, 1.165) is 25.7 Å². The van der Waals surface area contributed by atoms with Gasteiger partial charge in [0.15, 0.2) is 0 Å². The van der Waals surface area contributed by atoms with E-state index >= 15 is 0 Å². The van der Waals surface area contributed by atoms with Crippen molar-refractivity contribution in [1.82, 2.24) is 10.3 Å². The predicted octanol–water partition coefficient (Wildman–Crippen LogP) is 1.35. The SMILES string of the molecule is Cc1cc(C(=O)NCC2(C)CCCCC2O)cc(=O)[nH]1. The summed E-state index contributed by atoms with van der Waals surface area (Å²) in [6, 6.07) is 2.94. The Hall–Kier alpha value is -1.62. The maximum Gasteiger partial charge on any atom is 0.251 e. The lowest BCUT2D eigenvalue weighted by atomic mass is 9.73. The number of pyridine rings is 1. The highest BCUT2D eigenvalue weighted by molar-refractivity contribution is 5.94.